The van der Waals surface area contributed by atoms with E-state index in [1.807, 2.05) is 0 Å². The van der Waals surface area contributed by atoms with Crippen LogP contribution in [0.15, 0.2) is 12.1 Å². The molecule has 0 heterocycles. The maximum Gasteiger partial charge on any atom is 0.338 e. The predicted octanol–water partition coefficient (Wildman–Crippen LogP) is 10.2. The Labute approximate surface area is 212 Å². The Kier molecular flexibility index (Phi) is 14.1. The number of rotatable bonds is 16. The maximum absolute atomic E-state index is 12.8. The molecule has 196 valence electrons. The smallest absolute Gasteiger partial charge is 0.338 e. The molecule has 0 saturated heterocycles. The van der Waals surface area contributed by atoms with E-state index in [4.69, 9.17) is 4.74 Å². The van der Waals surface area contributed by atoms with Gasteiger partial charge in [-0.3, -0.25) is 0 Å². The number of carbonyl (C=O) groups is 1. The molecule has 0 radical (unpaired) electrons. The van der Waals surface area contributed by atoms with Gasteiger partial charge in [-0.05, 0) is 53.0 Å². The van der Waals surface area contributed by atoms with E-state index in [0.29, 0.717) is 12.2 Å². The zero-order valence-electron chi connectivity index (χ0n) is 24.1. The van der Waals surface area contributed by atoms with Gasteiger partial charge in [-0.15, -0.1) is 0 Å². The number of hydrogen-bond acceptors (Lipinski definition) is 2. The topological polar surface area (TPSA) is 26.3 Å². The zero-order valence-corrected chi connectivity index (χ0v) is 24.1. The summed E-state index contributed by atoms with van der Waals surface area (Å²) in [6.07, 6.45) is 18.7. The molecule has 34 heavy (non-hydrogen) atoms. The molecule has 0 aliphatic rings. The molecule has 0 spiro atoms. The molecule has 0 aromatic heterocycles. The number of benzene rings is 1. The standard InChI is InChI=1S/C32H56O2/c1-9-10-11-12-13-14-15-16-17-18-19-20-21-22-23-34-30(33)27-24-28(31(3,4)5)26(2)29(25-27)32(6,7)8/h24-25H,9-23H2,1-8H3. The number of ether oxygens (including phenoxy) is 1. The Balaban J connectivity index is 2.29. The number of hydrogen-bond donors (Lipinski definition) is 0. The van der Waals surface area contributed by atoms with E-state index < -0.39 is 0 Å². The summed E-state index contributed by atoms with van der Waals surface area (Å²) in [6, 6.07) is 4.11. The lowest BCUT2D eigenvalue weighted by Crippen LogP contribution is -2.21. The van der Waals surface area contributed by atoms with E-state index in [0.717, 1.165) is 12.8 Å². The van der Waals surface area contributed by atoms with Crippen molar-refractivity contribution in [2.75, 3.05) is 6.61 Å². The van der Waals surface area contributed by atoms with Gasteiger partial charge < -0.3 is 4.74 Å². The van der Waals surface area contributed by atoms with Crippen molar-refractivity contribution < 1.29 is 9.53 Å². The molecule has 1 aromatic carbocycles. The fourth-order valence-electron chi connectivity index (χ4n) is 4.93. The van der Waals surface area contributed by atoms with Gasteiger partial charge in [0.15, 0.2) is 0 Å². The Hall–Kier alpha value is -1.31. The highest BCUT2D eigenvalue weighted by Gasteiger charge is 2.26. The van der Waals surface area contributed by atoms with Crippen molar-refractivity contribution in [1.82, 2.24) is 0 Å². The van der Waals surface area contributed by atoms with Crippen molar-refractivity contribution in [3.63, 3.8) is 0 Å². The van der Waals surface area contributed by atoms with Crippen LogP contribution in [0.1, 0.15) is 165 Å². The van der Waals surface area contributed by atoms with Gasteiger partial charge in [-0.25, -0.2) is 4.79 Å². The molecule has 0 bridgehead atoms. The monoisotopic (exact) mass is 472 g/mol. The first-order valence-corrected chi connectivity index (χ1v) is 14.3. The highest BCUT2D eigenvalue weighted by Crippen LogP contribution is 2.34. The van der Waals surface area contributed by atoms with Crippen LogP contribution >= 0.6 is 0 Å². The molecule has 1 aromatic rings. The van der Waals surface area contributed by atoms with Gasteiger partial charge >= 0.3 is 5.97 Å². The number of unbranched alkanes of at least 4 members (excludes halogenated alkanes) is 13. The summed E-state index contributed by atoms with van der Waals surface area (Å²) in [5.74, 6) is -0.175. The molecule has 0 saturated carbocycles. The van der Waals surface area contributed by atoms with Crippen molar-refractivity contribution >= 4 is 5.97 Å². The summed E-state index contributed by atoms with van der Waals surface area (Å²) in [5, 5.41) is 0. The Morgan fingerprint density at radius 1 is 0.647 bits per heavy atom. The summed E-state index contributed by atoms with van der Waals surface area (Å²) in [5.41, 5.74) is 4.46. The second-order valence-corrected chi connectivity index (χ2v) is 12.4. The maximum atomic E-state index is 12.8. The Morgan fingerprint density at radius 3 is 1.35 bits per heavy atom. The first kappa shape index (κ1) is 30.7. The molecule has 2 heteroatoms. The highest BCUT2D eigenvalue weighted by atomic mass is 16.5. The van der Waals surface area contributed by atoms with E-state index in [1.165, 1.54) is 93.7 Å². The van der Waals surface area contributed by atoms with Crippen LogP contribution in [0.25, 0.3) is 0 Å². The molecule has 0 aliphatic heterocycles. The molecular weight excluding hydrogens is 416 g/mol. The molecule has 0 atom stereocenters. The average molecular weight is 473 g/mol. The quantitative estimate of drug-likeness (QED) is 0.177. The van der Waals surface area contributed by atoms with Crippen LogP contribution in [0, 0.1) is 6.92 Å². The third-order valence-electron chi connectivity index (χ3n) is 6.99. The van der Waals surface area contributed by atoms with Crippen molar-refractivity contribution in [3.8, 4) is 0 Å². The summed E-state index contributed by atoms with van der Waals surface area (Å²) in [7, 11) is 0. The van der Waals surface area contributed by atoms with Crippen LogP contribution in [0.5, 0.6) is 0 Å². The normalized spacial score (nSPS) is 12.2. The second-order valence-electron chi connectivity index (χ2n) is 12.4. The fraction of sp³-hybridized carbons (Fsp3) is 0.781. The van der Waals surface area contributed by atoms with Crippen molar-refractivity contribution in [3.05, 3.63) is 34.4 Å². The largest absolute Gasteiger partial charge is 0.462 e. The molecule has 0 N–H and O–H groups in total. The minimum atomic E-state index is -0.175. The lowest BCUT2D eigenvalue weighted by atomic mass is 9.76. The number of carbonyl (C=O) groups excluding carboxylic acids is 1. The average Bonchev–Trinajstić information content (AvgIpc) is 2.74. The minimum Gasteiger partial charge on any atom is -0.462 e. The van der Waals surface area contributed by atoms with Gasteiger partial charge in [0.25, 0.3) is 0 Å². The van der Waals surface area contributed by atoms with Crippen molar-refractivity contribution in [2.24, 2.45) is 0 Å². The van der Waals surface area contributed by atoms with Crippen molar-refractivity contribution in [2.45, 2.75) is 156 Å². The van der Waals surface area contributed by atoms with Gasteiger partial charge in [-0.1, -0.05) is 132 Å². The summed E-state index contributed by atoms with van der Waals surface area (Å²) in [6.45, 7) is 18.3. The van der Waals surface area contributed by atoms with E-state index in [-0.39, 0.29) is 16.8 Å². The molecule has 1 rings (SSSR count). The highest BCUT2D eigenvalue weighted by molar-refractivity contribution is 5.90. The summed E-state index contributed by atoms with van der Waals surface area (Å²) < 4.78 is 5.67. The predicted molar refractivity (Wildman–Crippen MR) is 149 cm³/mol. The van der Waals surface area contributed by atoms with Gasteiger partial charge in [0, 0.05) is 0 Å². The zero-order chi connectivity index (χ0) is 25.6. The van der Waals surface area contributed by atoms with E-state index >= 15 is 0 Å². The lowest BCUT2D eigenvalue weighted by Gasteiger charge is -2.29. The van der Waals surface area contributed by atoms with Gasteiger partial charge in [0.05, 0.1) is 12.2 Å². The third kappa shape index (κ3) is 11.9. The van der Waals surface area contributed by atoms with Crippen LogP contribution in [0.3, 0.4) is 0 Å². The van der Waals surface area contributed by atoms with Crippen LogP contribution in [-0.4, -0.2) is 12.6 Å². The SMILES string of the molecule is CCCCCCCCCCCCCCCCOC(=O)c1cc(C(C)(C)C)c(C)c(C(C)(C)C)c1. The first-order chi connectivity index (χ1) is 16.0. The van der Waals surface area contributed by atoms with Gasteiger partial charge in [-0.2, -0.15) is 0 Å². The summed E-state index contributed by atoms with van der Waals surface area (Å²) in [4.78, 5) is 12.8. The van der Waals surface area contributed by atoms with E-state index in [9.17, 15) is 4.79 Å². The van der Waals surface area contributed by atoms with Crippen LogP contribution < -0.4 is 0 Å². The third-order valence-corrected chi connectivity index (χ3v) is 6.99. The van der Waals surface area contributed by atoms with Crippen LogP contribution in [0.4, 0.5) is 0 Å². The molecular formula is C32H56O2. The first-order valence-electron chi connectivity index (χ1n) is 14.3. The van der Waals surface area contributed by atoms with Gasteiger partial charge in [0.1, 0.15) is 0 Å². The Bertz CT molecular complexity index is 668. The van der Waals surface area contributed by atoms with Crippen LogP contribution in [0.2, 0.25) is 0 Å². The van der Waals surface area contributed by atoms with Crippen molar-refractivity contribution in [1.29, 1.82) is 0 Å². The summed E-state index contributed by atoms with van der Waals surface area (Å²) >= 11 is 0. The molecule has 0 aliphatic carbocycles. The van der Waals surface area contributed by atoms with Gasteiger partial charge in [0.2, 0.25) is 0 Å². The molecule has 2 nitrogen and oxygen atoms in total. The fourth-order valence-corrected chi connectivity index (χ4v) is 4.93. The number of esters is 1. The lowest BCUT2D eigenvalue weighted by molar-refractivity contribution is 0.0497. The Morgan fingerprint density at radius 2 is 1.00 bits per heavy atom. The van der Waals surface area contributed by atoms with E-state index in [1.54, 1.807) is 0 Å². The molecule has 0 unspecified atom stereocenters. The van der Waals surface area contributed by atoms with E-state index in [2.05, 4.69) is 67.5 Å². The van der Waals surface area contributed by atoms with Crippen LogP contribution in [-0.2, 0) is 15.6 Å². The second kappa shape index (κ2) is 15.6. The molecule has 0 amide bonds. The molecule has 0 fully saturated rings. The minimum absolute atomic E-state index is 0.00495.